The molecule has 0 radical (unpaired) electrons. The Balaban J connectivity index is 1.76. The van der Waals surface area contributed by atoms with Crippen LogP contribution in [0, 0.1) is 5.82 Å². The molecule has 0 aromatic heterocycles. The van der Waals surface area contributed by atoms with Crippen molar-refractivity contribution in [3.05, 3.63) is 30.1 Å². The van der Waals surface area contributed by atoms with Crippen LogP contribution in [0.5, 0.6) is 0 Å². The van der Waals surface area contributed by atoms with Gasteiger partial charge in [-0.3, -0.25) is 15.0 Å². The number of amides is 3. The van der Waals surface area contributed by atoms with Gasteiger partial charge < -0.3 is 10.2 Å². The van der Waals surface area contributed by atoms with Crippen molar-refractivity contribution < 1.29 is 14.0 Å². The summed E-state index contributed by atoms with van der Waals surface area (Å²) in [7, 11) is 0. The second-order valence-electron chi connectivity index (χ2n) is 6.05. The summed E-state index contributed by atoms with van der Waals surface area (Å²) in [6, 6.07) is 6.27. The molecule has 1 saturated heterocycles. The summed E-state index contributed by atoms with van der Waals surface area (Å²) in [4.78, 5) is 27.5. The first-order chi connectivity index (χ1) is 11.5. The van der Waals surface area contributed by atoms with Gasteiger partial charge in [-0.15, -0.1) is 0 Å². The third-order valence-corrected chi connectivity index (χ3v) is 4.18. The van der Waals surface area contributed by atoms with Crippen molar-refractivity contribution in [2.75, 3.05) is 37.6 Å². The molecule has 3 amide bonds. The number of halogens is 1. The summed E-state index contributed by atoms with van der Waals surface area (Å²) in [5.74, 6) is -0.555. The lowest BCUT2D eigenvalue weighted by molar-refractivity contribution is -0.121. The molecule has 6 nitrogen and oxygen atoms in total. The van der Waals surface area contributed by atoms with E-state index in [4.69, 9.17) is 0 Å². The van der Waals surface area contributed by atoms with Crippen molar-refractivity contribution in [3.8, 4) is 0 Å². The summed E-state index contributed by atoms with van der Waals surface area (Å²) in [5, 5.41) is 5.03. The van der Waals surface area contributed by atoms with Crippen molar-refractivity contribution in [2.24, 2.45) is 0 Å². The van der Waals surface area contributed by atoms with Crippen LogP contribution in [0.25, 0.3) is 0 Å². The molecule has 0 spiro atoms. The highest BCUT2D eigenvalue weighted by Gasteiger charge is 2.21. The number of hydrogen-bond donors (Lipinski definition) is 2. The molecule has 0 aliphatic carbocycles. The second-order valence-corrected chi connectivity index (χ2v) is 6.05. The van der Waals surface area contributed by atoms with Crippen LogP contribution in [0.15, 0.2) is 24.3 Å². The number of nitrogens with one attached hydrogen (secondary N) is 2. The van der Waals surface area contributed by atoms with Crippen LogP contribution in [0.1, 0.15) is 20.3 Å². The molecule has 1 fully saturated rings. The molecule has 1 aromatic rings. The Morgan fingerprint density at radius 3 is 2.50 bits per heavy atom. The number of anilines is 1. The van der Waals surface area contributed by atoms with Crippen molar-refractivity contribution in [2.45, 2.75) is 26.3 Å². The fraction of sp³-hybridized carbons (Fsp3) is 0.529. The quantitative estimate of drug-likeness (QED) is 0.857. The fourth-order valence-electron chi connectivity index (χ4n) is 2.59. The SMILES string of the molecule is CC[C@H](C)NC(=O)NC(=O)CN1CCN(c2ccccc2F)CC1. The van der Waals surface area contributed by atoms with E-state index in [2.05, 4.69) is 10.6 Å². The van der Waals surface area contributed by atoms with Gasteiger partial charge in [0.2, 0.25) is 5.91 Å². The maximum atomic E-state index is 13.8. The Bertz CT molecular complexity index is 573. The maximum absolute atomic E-state index is 13.8. The van der Waals surface area contributed by atoms with Crippen molar-refractivity contribution >= 4 is 17.6 Å². The zero-order valence-corrected chi connectivity index (χ0v) is 14.2. The molecule has 132 valence electrons. The molecule has 0 saturated carbocycles. The van der Waals surface area contributed by atoms with E-state index in [1.807, 2.05) is 29.7 Å². The molecule has 0 bridgehead atoms. The van der Waals surface area contributed by atoms with E-state index in [1.54, 1.807) is 12.1 Å². The van der Waals surface area contributed by atoms with E-state index < -0.39 is 6.03 Å². The highest BCUT2D eigenvalue weighted by Crippen LogP contribution is 2.19. The highest BCUT2D eigenvalue weighted by atomic mass is 19.1. The summed E-state index contributed by atoms with van der Waals surface area (Å²) >= 11 is 0. The molecule has 1 aromatic carbocycles. The average molecular weight is 336 g/mol. The van der Waals surface area contributed by atoms with Crippen molar-refractivity contribution in [1.29, 1.82) is 0 Å². The lowest BCUT2D eigenvalue weighted by Crippen LogP contribution is -2.51. The third kappa shape index (κ3) is 5.19. The van der Waals surface area contributed by atoms with Gasteiger partial charge in [-0.05, 0) is 25.5 Å². The first-order valence-corrected chi connectivity index (χ1v) is 8.31. The van der Waals surface area contributed by atoms with Gasteiger partial charge in [-0.25, -0.2) is 9.18 Å². The van der Waals surface area contributed by atoms with Crippen LogP contribution < -0.4 is 15.5 Å². The predicted octanol–water partition coefficient (Wildman–Crippen LogP) is 1.57. The van der Waals surface area contributed by atoms with Crippen LogP contribution in [-0.4, -0.2) is 55.6 Å². The van der Waals surface area contributed by atoms with Crippen LogP contribution in [-0.2, 0) is 4.79 Å². The number of benzene rings is 1. The molecule has 7 heteroatoms. The third-order valence-electron chi connectivity index (χ3n) is 4.18. The Kier molecular flexibility index (Phi) is 6.54. The van der Waals surface area contributed by atoms with Gasteiger partial charge in [-0.2, -0.15) is 0 Å². The highest BCUT2D eigenvalue weighted by molar-refractivity contribution is 5.95. The first-order valence-electron chi connectivity index (χ1n) is 8.31. The molecule has 24 heavy (non-hydrogen) atoms. The lowest BCUT2D eigenvalue weighted by Gasteiger charge is -2.35. The Labute approximate surface area is 142 Å². The zero-order chi connectivity index (χ0) is 17.5. The van der Waals surface area contributed by atoms with Crippen LogP contribution in [0.2, 0.25) is 0 Å². The topological polar surface area (TPSA) is 64.7 Å². The van der Waals surface area contributed by atoms with E-state index in [0.29, 0.717) is 31.9 Å². The van der Waals surface area contributed by atoms with Gasteiger partial charge in [0, 0.05) is 32.2 Å². The van der Waals surface area contributed by atoms with Crippen LogP contribution in [0.4, 0.5) is 14.9 Å². The van der Waals surface area contributed by atoms with Crippen molar-refractivity contribution in [1.82, 2.24) is 15.5 Å². The van der Waals surface area contributed by atoms with Gasteiger partial charge in [0.15, 0.2) is 0 Å². The second kappa shape index (κ2) is 8.63. The summed E-state index contributed by atoms with van der Waals surface area (Å²) < 4.78 is 13.8. The smallest absolute Gasteiger partial charge is 0.321 e. The van der Waals surface area contributed by atoms with E-state index in [0.717, 1.165) is 6.42 Å². The van der Waals surface area contributed by atoms with Gasteiger partial charge in [0.25, 0.3) is 0 Å². The number of carbonyl (C=O) groups is 2. The number of imide groups is 1. The number of carbonyl (C=O) groups excluding carboxylic acids is 2. The largest absolute Gasteiger partial charge is 0.367 e. The van der Waals surface area contributed by atoms with Gasteiger partial charge in [0.05, 0.1) is 12.2 Å². The summed E-state index contributed by atoms with van der Waals surface area (Å²) in [5.41, 5.74) is 0.592. The molecule has 0 unspecified atom stereocenters. The maximum Gasteiger partial charge on any atom is 0.321 e. The lowest BCUT2D eigenvalue weighted by atomic mass is 10.2. The molecule has 2 rings (SSSR count). The molecule has 1 heterocycles. The number of urea groups is 1. The molecule has 1 aliphatic heterocycles. The molecule has 2 N–H and O–H groups in total. The Hall–Kier alpha value is -2.15. The minimum atomic E-state index is -0.459. The first kappa shape index (κ1) is 18.2. The van der Waals surface area contributed by atoms with Gasteiger partial charge in [0.1, 0.15) is 5.82 Å². The molecular weight excluding hydrogens is 311 g/mol. The average Bonchev–Trinajstić information content (AvgIpc) is 2.55. The summed E-state index contributed by atoms with van der Waals surface area (Å²) in [6.45, 7) is 6.59. The predicted molar refractivity (Wildman–Crippen MR) is 91.5 cm³/mol. The number of hydrogen-bond acceptors (Lipinski definition) is 4. The molecular formula is C17H25FN4O2. The number of rotatable bonds is 5. The van der Waals surface area contributed by atoms with E-state index in [-0.39, 0.29) is 24.3 Å². The standard InChI is InChI=1S/C17H25FN4O2/c1-3-13(2)19-17(24)20-16(23)12-21-8-10-22(11-9-21)15-7-5-4-6-14(15)18/h4-7,13H,3,8-12H2,1-2H3,(H2,19,20,23,24)/t13-/m0/s1. The van der Waals surface area contributed by atoms with E-state index in [1.165, 1.54) is 6.07 Å². The van der Waals surface area contributed by atoms with E-state index in [9.17, 15) is 14.0 Å². The fourth-order valence-corrected chi connectivity index (χ4v) is 2.59. The monoisotopic (exact) mass is 336 g/mol. The molecule has 1 aliphatic rings. The van der Waals surface area contributed by atoms with Gasteiger partial charge >= 0.3 is 6.03 Å². The zero-order valence-electron chi connectivity index (χ0n) is 14.2. The Morgan fingerprint density at radius 1 is 1.21 bits per heavy atom. The Morgan fingerprint density at radius 2 is 1.88 bits per heavy atom. The van der Waals surface area contributed by atoms with Gasteiger partial charge in [-0.1, -0.05) is 19.1 Å². The van der Waals surface area contributed by atoms with Crippen LogP contribution >= 0.6 is 0 Å². The van der Waals surface area contributed by atoms with E-state index >= 15 is 0 Å². The summed E-state index contributed by atoms with van der Waals surface area (Å²) in [6.07, 6.45) is 0.805. The minimum Gasteiger partial charge on any atom is -0.367 e. The number of piperazine rings is 1. The van der Waals surface area contributed by atoms with Crippen LogP contribution in [0.3, 0.4) is 0 Å². The molecule has 1 atom stereocenters. The normalized spacial score (nSPS) is 16.5. The minimum absolute atomic E-state index is 0.0297. The number of nitrogens with zero attached hydrogens (tertiary/aromatic N) is 2. The number of para-hydroxylation sites is 1. The van der Waals surface area contributed by atoms with Crippen molar-refractivity contribution in [3.63, 3.8) is 0 Å².